The van der Waals surface area contributed by atoms with Crippen LogP contribution in [0.5, 0.6) is 0 Å². The van der Waals surface area contributed by atoms with Crippen molar-refractivity contribution in [3.8, 4) is 0 Å². The number of nitrogens with one attached hydrogen (secondary N) is 2. The molecule has 1 aromatic rings. The summed E-state index contributed by atoms with van der Waals surface area (Å²) < 4.78 is 37.6. The van der Waals surface area contributed by atoms with Crippen LogP contribution >= 0.6 is 0 Å². The Bertz CT molecular complexity index is 499. The number of hydrogen-bond donors (Lipinski definition) is 2. The highest BCUT2D eigenvalue weighted by molar-refractivity contribution is 7.90. The van der Waals surface area contributed by atoms with Crippen molar-refractivity contribution in [3.05, 3.63) is 30.1 Å². The predicted molar refractivity (Wildman–Crippen MR) is 58.9 cm³/mol. The Kier molecular flexibility index (Phi) is 4.02. The van der Waals surface area contributed by atoms with Crippen LogP contribution < -0.4 is 10.1 Å². The van der Waals surface area contributed by atoms with Gasteiger partial charge in [-0.25, -0.2) is 27.3 Å². The Morgan fingerprint density at radius 3 is 2.24 bits per heavy atom. The molecule has 0 aliphatic heterocycles. The molecule has 0 atom stereocenters. The van der Waals surface area contributed by atoms with Crippen LogP contribution in [0.15, 0.2) is 29.2 Å². The van der Waals surface area contributed by atoms with Gasteiger partial charge in [0.15, 0.2) is 0 Å². The smallest absolute Gasteiger partial charge is 0.270 e. The zero-order valence-electron chi connectivity index (χ0n) is 9.27. The van der Waals surface area contributed by atoms with Crippen molar-refractivity contribution in [1.82, 2.24) is 15.2 Å². The molecule has 94 valence electrons. The lowest BCUT2D eigenvalue weighted by molar-refractivity contribution is 0.217. The lowest BCUT2D eigenvalue weighted by Crippen LogP contribution is -2.45. The molecule has 0 bridgehead atoms. The van der Waals surface area contributed by atoms with Gasteiger partial charge in [0.2, 0.25) is 0 Å². The highest BCUT2D eigenvalue weighted by atomic mass is 32.2. The second-order valence-corrected chi connectivity index (χ2v) is 5.08. The summed E-state index contributed by atoms with van der Waals surface area (Å²) in [5.74, 6) is -0.554. The van der Waals surface area contributed by atoms with Crippen LogP contribution in [0.1, 0.15) is 0 Å². The average Bonchev–Trinajstić information content (AvgIpc) is 2.15. The largest absolute Gasteiger partial charge is 0.343 e. The van der Waals surface area contributed by atoms with E-state index in [1.54, 1.807) is 4.72 Å². The molecule has 2 amide bonds. The van der Waals surface area contributed by atoms with E-state index in [0.29, 0.717) is 0 Å². The molecule has 0 aliphatic rings. The minimum atomic E-state index is -3.98. The van der Waals surface area contributed by atoms with Gasteiger partial charge < -0.3 is 0 Å². The van der Waals surface area contributed by atoms with Crippen molar-refractivity contribution in [3.63, 3.8) is 0 Å². The van der Waals surface area contributed by atoms with Crippen LogP contribution in [-0.2, 0) is 10.0 Å². The molecule has 0 heterocycles. The number of benzene rings is 1. The van der Waals surface area contributed by atoms with Crippen molar-refractivity contribution in [2.45, 2.75) is 4.90 Å². The zero-order valence-corrected chi connectivity index (χ0v) is 10.1. The van der Waals surface area contributed by atoms with E-state index in [0.717, 1.165) is 24.3 Å². The molecule has 0 spiro atoms. The zero-order chi connectivity index (χ0) is 13.1. The Balaban J connectivity index is 2.82. The minimum Gasteiger partial charge on any atom is -0.270 e. The monoisotopic (exact) mass is 261 g/mol. The topological polar surface area (TPSA) is 78.5 Å². The first-order chi connectivity index (χ1) is 7.81. The normalized spacial score (nSPS) is 11.3. The van der Waals surface area contributed by atoms with Crippen molar-refractivity contribution in [1.29, 1.82) is 0 Å². The molecule has 0 aromatic heterocycles. The maximum atomic E-state index is 12.6. The molecular weight excluding hydrogens is 249 g/mol. The SMILES string of the molecule is CN(C)NC(=O)NS(=O)(=O)c1ccc(F)cc1. The first-order valence-corrected chi connectivity index (χ1v) is 6.06. The lowest BCUT2D eigenvalue weighted by Gasteiger charge is -2.12. The number of rotatable bonds is 3. The second-order valence-electron chi connectivity index (χ2n) is 3.39. The van der Waals surface area contributed by atoms with E-state index >= 15 is 0 Å². The Morgan fingerprint density at radius 2 is 1.76 bits per heavy atom. The highest BCUT2D eigenvalue weighted by Crippen LogP contribution is 2.09. The van der Waals surface area contributed by atoms with Gasteiger partial charge in [0, 0.05) is 14.1 Å². The fourth-order valence-corrected chi connectivity index (χ4v) is 1.92. The summed E-state index contributed by atoms with van der Waals surface area (Å²) in [6, 6.07) is 3.25. The predicted octanol–water partition coefficient (Wildman–Crippen LogP) is 0.290. The number of amides is 2. The number of urea groups is 1. The molecule has 0 unspecified atom stereocenters. The van der Waals surface area contributed by atoms with E-state index in [9.17, 15) is 17.6 Å². The van der Waals surface area contributed by atoms with E-state index in [4.69, 9.17) is 0 Å². The molecule has 1 aromatic carbocycles. The van der Waals surface area contributed by atoms with Gasteiger partial charge in [-0.05, 0) is 24.3 Å². The van der Waals surface area contributed by atoms with Gasteiger partial charge in [-0.3, -0.25) is 5.43 Å². The van der Waals surface area contributed by atoms with Crippen molar-refractivity contribution < 1.29 is 17.6 Å². The fourth-order valence-electron chi connectivity index (χ4n) is 1.02. The first kappa shape index (κ1) is 13.4. The summed E-state index contributed by atoms with van der Waals surface area (Å²) in [4.78, 5) is 11.0. The summed E-state index contributed by atoms with van der Waals surface area (Å²) in [5, 5.41) is 1.29. The maximum Gasteiger partial charge on any atom is 0.343 e. The van der Waals surface area contributed by atoms with Crippen LogP contribution in [0.25, 0.3) is 0 Å². The average molecular weight is 261 g/mol. The van der Waals surface area contributed by atoms with E-state index in [-0.39, 0.29) is 4.90 Å². The number of nitrogens with zero attached hydrogens (tertiary/aromatic N) is 1. The summed E-state index contributed by atoms with van der Waals surface area (Å²) >= 11 is 0. The van der Waals surface area contributed by atoms with Crippen molar-refractivity contribution in [2.24, 2.45) is 0 Å². The molecule has 0 saturated heterocycles. The van der Waals surface area contributed by atoms with E-state index < -0.39 is 21.9 Å². The van der Waals surface area contributed by atoms with Crippen molar-refractivity contribution in [2.75, 3.05) is 14.1 Å². The summed E-state index contributed by atoms with van der Waals surface area (Å²) in [7, 11) is -0.914. The fraction of sp³-hybridized carbons (Fsp3) is 0.222. The van der Waals surface area contributed by atoms with E-state index in [1.807, 2.05) is 0 Å². The number of hydrazine groups is 1. The number of carbonyl (C=O) groups excluding carboxylic acids is 1. The standard InChI is InChI=1S/C9H12FN3O3S/c1-13(2)11-9(14)12-17(15,16)8-5-3-7(10)4-6-8/h3-6H,1-2H3,(H2,11,12,14). The molecule has 2 N–H and O–H groups in total. The number of halogens is 1. The van der Waals surface area contributed by atoms with Gasteiger partial charge in [0.1, 0.15) is 5.82 Å². The number of hydrogen-bond acceptors (Lipinski definition) is 4. The third-order valence-electron chi connectivity index (χ3n) is 1.68. The Morgan fingerprint density at radius 1 is 1.24 bits per heavy atom. The molecule has 1 rings (SSSR count). The third-order valence-corrected chi connectivity index (χ3v) is 3.02. The molecule has 6 nitrogen and oxygen atoms in total. The van der Waals surface area contributed by atoms with Gasteiger partial charge in [-0.2, -0.15) is 0 Å². The first-order valence-electron chi connectivity index (χ1n) is 4.57. The molecule has 0 aliphatic carbocycles. The highest BCUT2D eigenvalue weighted by Gasteiger charge is 2.17. The molecule has 0 radical (unpaired) electrons. The summed E-state index contributed by atoms with van der Waals surface area (Å²) in [5.41, 5.74) is 2.21. The lowest BCUT2D eigenvalue weighted by atomic mass is 10.4. The van der Waals surface area contributed by atoms with Crippen LogP contribution in [0, 0.1) is 5.82 Å². The second kappa shape index (κ2) is 5.11. The van der Waals surface area contributed by atoms with Crippen LogP contribution in [0.2, 0.25) is 0 Å². The van der Waals surface area contributed by atoms with Crippen LogP contribution in [0.3, 0.4) is 0 Å². The molecule has 8 heteroatoms. The van der Waals surface area contributed by atoms with Crippen LogP contribution in [-0.4, -0.2) is 33.6 Å². The van der Waals surface area contributed by atoms with Gasteiger partial charge in [-0.1, -0.05) is 0 Å². The maximum absolute atomic E-state index is 12.6. The van der Waals surface area contributed by atoms with E-state index in [2.05, 4.69) is 5.43 Å². The summed E-state index contributed by atoms with van der Waals surface area (Å²) in [6.45, 7) is 0. The molecule has 0 saturated carbocycles. The Labute approximate surface area is 98.4 Å². The van der Waals surface area contributed by atoms with Gasteiger partial charge in [0.05, 0.1) is 4.90 Å². The molecular formula is C9H12FN3O3S. The quantitative estimate of drug-likeness (QED) is 0.767. The van der Waals surface area contributed by atoms with Crippen LogP contribution in [0.4, 0.5) is 9.18 Å². The van der Waals surface area contributed by atoms with Gasteiger partial charge in [-0.15, -0.1) is 0 Å². The number of carbonyl (C=O) groups is 1. The Hall–Kier alpha value is -1.67. The van der Waals surface area contributed by atoms with Crippen molar-refractivity contribution >= 4 is 16.1 Å². The molecule has 0 fully saturated rings. The number of sulfonamides is 1. The molecule has 17 heavy (non-hydrogen) atoms. The van der Waals surface area contributed by atoms with Gasteiger partial charge in [0.25, 0.3) is 10.0 Å². The minimum absolute atomic E-state index is 0.187. The van der Waals surface area contributed by atoms with Gasteiger partial charge >= 0.3 is 6.03 Å². The summed E-state index contributed by atoms with van der Waals surface area (Å²) in [6.07, 6.45) is 0. The van der Waals surface area contributed by atoms with E-state index in [1.165, 1.54) is 19.1 Å². The third kappa shape index (κ3) is 4.00.